The number of hydrogen-bond donors (Lipinski definition) is 3. The number of fused-ring (bicyclic) bond motifs is 2. The number of aromatic nitrogens is 4. The van der Waals surface area contributed by atoms with Crippen LogP contribution in [0.15, 0.2) is 42.2 Å². The van der Waals surface area contributed by atoms with Crippen molar-refractivity contribution in [3.63, 3.8) is 0 Å². The third kappa shape index (κ3) is 4.15. The molecule has 174 valence electrons. The Balaban J connectivity index is 1.18. The molecule has 0 radical (unpaired) electrons. The quantitative estimate of drug-likeness (QED) is 0.407. The highest BCUT2D eigenvalue weighted by atomic mass is 32.1. The first-order valence-electron chi connectivity index (χ1n) is 11.4. The van der Waals surface area contributed by atoms with Crippen molar-refractivity contribution in [2.75, 3.05) is 38.0 Å². The minimum Gasteiger partial charge on any atom is -0.392 e. The van der Waals surface area contributed by atoms with Crippen LogP contribution in [-0.4, -0.2) is 79.6 Å². The van der Waals surface area contributed by atoms with Gasteiger partial charge >= 0.3 is 0 Å². The average molecular weight is 476 g/mol. The fraction of sp³-hybridized carbons (Fsp3) is 0.333. The van der Waals surface area contributed by atoms with Crippen LogP contribution >= 0.6 is 11.3 Å². The van der Waals surface area contributed by atoms with Gasteiger partial charge in [-0.15, -0.1) is 11.3 Å². The van der Waals surface area contributed by atoms with E-state index in [9.17, 15) is 9.90 Å². The maximum atomic E-state index is 12.7. The molecular weight excluding hydrogens is 450 g/mol. The van der Waals surface area contributed by atoms with E-state index in [0.717, 1.165) is 57.8 Å². The molecule has 1 unspecified atom stereocenters. The molecule has 10 heteroatoms. The first-order valence-corrected chi connectivity index (χ1v) is 12.3. The number of nitrogens with one attached hydrogen (secondary N) is 2. The number of aromatic amines is 1. The van der Waals surface area contributed by atoms with Gasteiger partial charge in [-0.1, -0.05) is 6.08 Å². The Morgan fingerprint density at radius 1 is 1.24 bits per heavy atom. The first kappa shape index (κ1) is 21.2. The van der Waals surface area contributed by atoms with E-state index in [1.807, 2.05) is 27.4 Å². The number of benzene rings is 1. The van der Waals surface area contributed by atoms with Gasteiger partial charge in [-0.25, -0.2) is 15.0 Å². The zero-order valence-electron chi connectivity index (χ0n) is 18.6. The van der Waals surface area contributed by atoms with Gasteiger partial charge in [-0.2, -0.15) is 0 Å². The van der Waals surface area contributed by atoms with Crippen LogP contribution in [0.5, 0.6) is 0 Å². The van der Waals surface area contributed by atoms with Crippen LogP contribution in [0.25, 0.3) is 26.8 Å². The lowest BCUT2D eigenvalue weighted by Crippen LogP contribution is -2.41. The third-order valence-electron chi connectivity index (χ3n) is 6.53. The number of aliphatic hydroxyl groups is 1. The Bertz CT molecular complexity index is 1390. The summed E-state index contributed by atoms with van der Waals surface area (Å²) < 4.78 is 1.12. The summed E-state index contributed by atoms with van der Waals surface area (Å²) in [6.45, 7) is 3.02. The monoisotopic (exact) mass is 475 g/mol. The Kier molecular flexibility index (Phi) is 5.48. The van der Waals surface area contributed by atoms with E-state index in [0.29, 0.717) is 26.2 Å². The molecule has 2 aliphatic rings. The zero-order chi connectivity index (χ0) is 23.1. The summed E-state index contributed by atoms with van der Waals surface area (Å²) in [7, 11) is 0. The predicted molar refractivity (Wildman–Crippen MR) is 133 cm³/mol. The highest BCUT2D eigenvalue weighted by Gasteiger charge is 2.25. The molecule has 0 bridgehead atoms. The number of anilines is 2. The van der Waals surface area contributed by atoms with Crippen molar-refractivity contribution in [3.8, 4) is 0 Å². The molecule has 1 saturated heterocycles. The molecule has 0 saturated carbocycles. The number of carbonyl (C=O) groups is 1. The highest BCUT2D eigenvalue weighted by Crippen LogP contribution is 2.30. The van der Waals surface area contributed by atoms with Crippen molar-refractivity contribution >= 4 is 55.6 Å². The van der Waals surface area contributed by atoms with Crippen molar-refractivity contribution in [3.05, 3.63) is 47.9 Å². The molecule has 0 aliphatic carbocycles. The molecule has 2 aliphatic heterocycles. The van der Waals surface area contributed by atoms with Crippen LogP contribution in [0, 0.1) is 0 Å². The summed E-state index contributed by atoms with van der Waals surface area (Å²) >= 11 is 1.61. The largest absolute Gasteiger partial charge is 0.392 e. The standard InChI is InChI=1S/C24H25N7O2S/c32-17-5-6-30(11-17)12-22(33)31-7-3-15(4-8-31)20-10-18-23(25-13-26-24(18)29-20)28-16-1-2-19-21(9-16)34-14-27-19/h1-3,9-10,13-14,17,32H,4-8,11-12H2,(H2,25,26,28,29). The number of carbonyl (C=O) groups excluding carboxylic acids is 1. The van der Waals surface area contributed by atoms with Crippen LogP contribution in [-0.2, 0) is 4.79 Å². The molecule has 3 aromatic heterocycles. The van der Waals surface area contributed by atoms with E-state index in [2.05, 4.69) is 43.5 Å². The second-order valence-corrected chi connectivity index (χ2v) is 9.71. The predicted octanol–water partition coefficient (Wildman–Crippen LogP) is 2.99. The van der Waals surface area contributed by atoms with Gasteiger partial charge in [0.25, 0.3) is 0 Å². The van der Waals surface area contributed by atoms with Gasteiger partial charge in [0.1, 0.15) is 17.8 Å². The first-order chi connectivity index (χ1) is 16.6. The van der Waals surface area contributed by atoms with Gasteiger partial charge < -0.3 is 20.3 Å². The number of hydrogen-bond acceptors (Lipinski definition) is 8. The lowest BCUT2D eigenvalue weighted by atomic mass is 10.0. The van der Waals surface area contributed by atoms with E-state index in [-0.39, 0.29) is 12.0 Å². The average Bonchev–Trinajstić information content (AvgIpc) is 3.59. The second-order valence-electron chi connectivity index (χ2n) is 8.82. The number of aliphatic hydroxyl groups excluding tert-OH is 1. The summed E-state index contributed by atoms with van der Waals surface area (Å²) in [5.41, 5.74) is 6.75. The summed E-state index contributed by atoms with van der Waals surface area (Å²) in [6, 6.07) is 8.16. The zero-order valence-corrected chi connectivity index (χ0v) is 19.4. The second kappa shape index (κ2) is 8.79. The van der Waals surface area contributed by atoms with Crippen molar-refractivity contribution in [1.29, 1.82) is 0 Å². The minimum absolute atomic E-state index is 0.122. The minimum atomic E-state index is -0.305. The molecular formula is C24H25N7O2S. The Morgan fingerprint density at radius 3 is 3.00 bits per heavy atom. The normalized spacial score (nSPS) is 19.1. The third-order valence-corrected chi connectivity index (χ3v) is 7.33. The summed E-state index contributed by atoms with van der Waals surface area (Å²) in [4.78, 5) is 33.2. The van der Waals surface area contributed by atoms with Crippen LogP contribution in [0.3, 0.4) is 0 Å². The molecule has 1 fully saturated rings. The van der Waals surface area contributed by atoms with E-state index >= 15 is 0 Å². The fourth-order valence-electron chi connectivity index (χ4n) is 4.67. The molecule has 3 N–H and O–H groups in total. The smallest absolute Gasteiger partial charge is 0.237 e. The number of likely N-dealkylation sites (tertiary alicyclic amines) is 1. The van der Waals surface area contributed by atoms with Crippen molar-refractivity contribution < 1.29 is 9.90 Å². The topological polar surface area (TPSA) is 110 Å². The molecule has 1 aromatic carbocycles. The number of β-amino-alcohol motifs (C(OH)–C–C–N with tert-alkyl or cyclic N) is 1. The van der Waals surface area contributed by atoms with Crippen LogP contribution in [0.1, 0.15) is 18.5 Å². The molecule has 5 heterocycles. The SMILES string of the molecule is O=C(CN1CCC(O)C1)N1CC=C(c2cc3c(Nc4ccc5ncsc5c4)ncnc3[nH]2)CC1. The number of rotatable bonds is 5. The van der Waals surface area contributed by atoms with Crippen LogP contribution in [0.4, 0.5) is 11.5 Å². The van der Waals surface area contributed by atoms with Gasteiger partial charge in [0, 0.05) is 37.6 Å². The lowest BCUT2D eigenvalue weighted by Gasteiger charge is -2.28. The Labute approximate surface area is 200 Å². The van der Waals surface area contributed by atoms with E-state index in [1.54, 1.807) is 17.7 Å². The lowest BCUT2D eigenvalue weighted by molar-refractivity contribution is -0.131. The Morgan fingerprint density at radius 2 is 2.18 bits per heavy atom. The molecule has 1 amide bonds. The van der Waals surface area contributed by atoms with Gasteiger partial charge in [-0.05, 0) is 42.7 Å². The summed E-state index contributed by atoms with van der Waals surface area (Å²) in [5.74, 6) is 0.869. The van der Waals surface area contributed by atoms with E-state index < -0.39 is 0 Å². The summed E-state index contributed by atoms with van der Waals surface area (Å²) in [5, 5.41) is 14.0. The van der Waals surface area contributed by atoms with Crippen LogP contribution in [0.2, 0.25) is 0 Å². The summed E-state index contributed by atoms with van der Waals surface area (Å²) in [6.07, 6.45) is 4.89. The number of H-pyrrole nitrogens is 1. The van der Waals surface area contributed by atoms with E-state index in [1.165, 1.54) is 5.57 Å². The fourth-order valence-corrected chi connectivity index (χ4v) is 5.39. The van der Waals surface area contributed by atoms with Gasteiger partial charge in [0.05, 0.1) is 33.8 Å². The van der Waals surface area contributed by atoms with Crippen molar-refractivity contribution in [2.24, 2.45) is 0 Å². The van der Waals surface area contributed by atoms with Crippen molar-refractivity contribution in [1.82, 2.24) is 29.7 Å². The maximum Gasteiger partial charge on any atom is 0.237 e. The Hall–Kier alpha value is -3.34. The highest BCUT2D eigenvalue weighted by molar-refractivity contribution is 7.16. The maximum absolute atomic E-state index is 12.7. The molecule has 0 spiro atoms. The number of thiazole rings is 1. The molecule has 4 aromatic rings. The number of nitrogens with zero attached hydrogens (tertiary/aromatic N) is 5. The van der Waals surface area contributed by atoms with Gasteiger partial charge in [-0.3, -0.25) is 9.69 Å². The van der Waals surface area contributed by atoms with E-state index in [4.69, 9.17) is 0 Å². The molecule has 9 nitrogen and oxygen atoms in total. The van der Waals surface area contributed by atoms with Gasteiger partial charge in [0.15, 0.2) is 0 Å². The van der Waals surface area contributed by atoms with Gasteiger partial charge in [0.2, 0.25) is 5.91 Å². The molecule has 6 rings (SSSR count). The molecule has 1 atom stereocenters. The number of amides is 1. The van der Waals surface area contributed by atoms with Crippen LogP contribution < -0.4 is 5.32 Å². The van der Waals surface area contributed by atoms with Crippen molar-refractivity contribution in [2.45, 2.75) is 18.9 Å². The molecule has 34 heavy (non-hydrogen) atoms.